The maximum absolute atomic E-state index is 12.9. The fraction of sp³-hybridized carbons (Fsp3) is 0.500. The molecule has 0 aromatic carbocycles. The Balaban J connectivity index is 2.31. The van der Waals surface area contributed by atoms with E-state index in [2.05, 4.69) is 30.7 Å². The van der Waals surface area contributed by atoms with E-state index in [-0.39, 0.29) is 23.3 Å². The van der Waals surface area contributed by atoms with Crippen molar-refractivity contribution in [2.24, 2.45) is 5.92 Å². The summed E-state index contributed by atoms with van der Waals surface area (Å²) in [5.74, 6) is 0.554. The highest BCUT2D eigenvalue weighted by atomic mass is 32.2. The van der Waals surface area contributed by atoms with Crippen LogP contribution in [-0.2, 0) is 11.3 Å². The molecule has 0 radical (unpaired) electrons. The molecule has 1 atom stereocenters. The fourth-order valence-corrected chi connectivity index (χ4v) is 4.19. The smallest absolute Gasteiger partial charge is 0.263 e. The van der Waals surface area contributed by atoms with E-state index in [1.54, 1.807) is 10.6 Å². The fourth-order valence-electron chi connectivity index (χ4n) is 2.30. The molecule has 2 heterocycles. The van der Waals surface area contributed by atoms with Crippen LogP contribution >= 0.6 is 23.1 Å². The molecule has 0 aliphatic carbocycles. The van der Waals surface area contributed by atoms with Crippen LogP contribution in [0.15, 0.2) is 22.6 Å². The highest BCUT2D eigenvalue weighted by molar-refractivity contribution is 7.99. The second-order valence-corrected chi connectivity index (χ2v) is 8.60. The Kier molecular flexibility index (Phi) is 6.46. The number of nitrogens with one attached hydrogen (secondary N) is 1. The van der Waals surface area contributed by atoms with Gasteiger partial charge in [-0.25, -0.2) is 4.98 Å². The molecule has 0 bridgehead atoms. The van der Waals surface area contributed by atoms with Crippen molar-refractivity contribution in [2.45, 2.75) is 52.4 Å². The molecule has 0 spiro atoms. The SMILES string of the molecule is C=CCn1c(SCC(=O)NC(C)C(C)C)nc2sc(C)c(C)c2c1=O. The van der Waals surface area contributed by atoms with Gasteiger partial charge >= 0.3 is 0 Å². The molecular formula is C18H25N3O2S2. The zero-order chi connectivity index (χ0) is 18.7. The maximum Gasteiger partial charge on any atom is 0.263 e. The van der Waals surface area contributed by atoms with Crippen molar-refractivity contribution >= 4 is 39.2 Å². The number of rotatable bonds is 7. The molecule has 0 fully saturated rings. The minimum absolute atomic E-state index is 0.0516. The molecule has 1 N–H and O–H groups in total. The molecule has 136 valence electrons. The second-order valence-electron chi connectivity index (χ2n) is 6.45. The standard InChI is InChI=1S/C18H25N3O2S2/c1-7-8-21-17(23)15-11(4)13(6)25-16(15)20-18(21)24-9-14(22)19-12(5)10(2)3/h7,10,12H,1,8-9H2,2-6H3,(H,19,22). The molecule has 1 unspecified atom stereocenters. The molecule has 2 aromatic rings. The molecule has 5 nitrogen and oxygen atoms in total. The van der Waals surface area contributed by atoms with Crippen LogP contribution in [0.25, 0.3) is 10.2 Å². The topological polar surface area (TPSA) is 64.0 Å². The van der Waals surface area contributed by atoms with E-state index in [0.717, 1.165) is 15.3 Å². The molecule has 0 aliphatic heterocycles. The van der Waals surface area contributed by atoms with Gasteiger partial charge in [0.25, 0.3) is 5.56 Å². The Morgan fingerprint density at radius 1 is 1.40 bits per heavy atom. The molecule has 2 rings (SSSR count). The predicted octanol–water partition coefficient (Wildman–Crippen LogP) is 3.51. The monoisotopic (exact) mass is 379 g/mol. The summed E-state index contributed by atoms with van der Waals surface area (Å²) in [6.07, 6.45) is 1.68. The van der Waals surface area contributed by atoms with Crippen molar-refractivity contribution in [2.75, 3.05) is 5.75 Å². The number of allylic oxidation sites excluding steroid dienone is 1. The number of carbonyl (C=O) groups is 1. The van der Waals surface area contributed by atoms with Gasteiger partial charge in [-0.3, -0.25) is 14.2 Å². The molecule has 0 saturated heterocycles. The van der Waals surface area contributed by atoms with Crippen molar-refractivity contribution in [1.82, 2.24) is 14.9 Å². The molecule has 0 saturated carbocycles. The van der Waals surface area contributed by atoms with E-state index in [1.165, 1.54) is 23.1 Å². The summed E-state index contributed by atoms with van der Waals surface area (Å²) in [6, 6.07) is 0.113. The number of thioether (sulfide) groups is 1. The first-order chi connectivity index (χ1) is 11.8. The third kappa shape index (κ3) is 4.33. The van der Waals surface area contributed by atoms with Crippen molar-refractivity contribution in [3.63, 3.8) is 0 Å². The molecular weight excluding hydrogens is 354 g/mol. The van der Waals surface area contributed by atoms with Gasteiger partial charge < -0.3 is 5.32 Å². The van der Waals surface area contributed by atoms with Crippen LogP contribution in [0.4, 0.5) is 0 Å². The summed E-state index contributed by atoms with van der Waals surface area (Å²) < 4.78 is 1.60. The van der Waals surface area contributed by atoms with Gasteiger partial charge in [0.15, 0.2) is 5.16 Å². The lowest BCUT2D eigenvalue weighted by atomic mass is 10.1. The van der Waals surface area contributed by atoms with Crippen molar-refractivity contribution in [1.29, 1.82) is 0 Å². The number of amides is 1. The number of carbonyl (C=O) groups excluding carboxylic acids is 1. The molecule has 1 amide bonds. The lowest BCUT2D eigenvalue weighted by molar-refractivity contribution is -0.119. The van der Waals surface area contributed by atoms with Crippen LogP contribution in [0, 0.1) is 19.8 Å². The maximum atomic E-state index is 12.9. The highest BCUT2D eigenvalue weighted by Crippen LogP contribution is 2.28. The van der Waals surface area contributed by atoms with Gasteiger partial charge in [0, 0.05) is 17.5 Å². The number of hydrogen-bond donors (Lipinski definition) is 1. The van der Waals surface area contributed by atoms with Gasteiger partial charge in [0.05, 0.1) is 11.1 Å². The Labute approximate surface area is 156 Å². The van der Waals surface area contributed by atoms with E-state index < -0.39 is 0 Å². The van der Waals surface area contributed by atoms with Gasteiger partial charge in [-0.15, -0.1) is 17.9 Å². The zero-order valence-electron chi connectivity index (χ0n) is 15.4. The average molecular weight is 380 g/mol. The van der Waals surface area contributed by atoms with Crippen molar-refractivity contribution in [3.05, 3.63) is 33.4 Å². The van der Waals surface area contributed by atoms with Crippen molar-refractivity contribution < 1.29 is 4.79 Å². The molecule has 0 aliphatic rings. The quantitative estimate of drug-likeness (QED) is 0.454. The van der Waals surface area contributed by atoms with Crippen LogP contribution < -0.4 is 10.9 Å². The van der Waals surface area contributed by atoms with Gasteiger partial charge in [-0.05, 0) is 32.3 Å². The Bertz CT molecular complexity index is 852. The van der Waals surface area contributed by atoms with E-state index in [1.807, 2.05) is 20.8 Å². The van der Waals surface area contributed by atoms with Crippen LogP contribution in [-0.4, -0.2) is 27.3 Å². The summed E-state index contributed by atoms with van der Waals surface area (Å²) in [5.41, 5.74) is 0.917. The van der Waals surface area contributed by atoms with Crippen LogP contribution in [0.3, 0.4) is 0 Å². The minimum Gasteiger partial charge on any atom is -0.353 e. The summed E-state index contributed by atoms with van der Waals surface area (Å²) in [6.45, 7) is 14.2. The number of aromatic nitrogens is 2. The van der Waals surface area contributed by atoms with Crippen LogP contribution in [0.2, 0.25) is 0 Å². The second kappa shape index (κ2) is 8.19. The van der Waals surface area contributed by atoms with Gasteiger partial charge in [0.1, 0.15) is 4.83 Å². The Hall–Kier alpha value is -1.60. The van der Waals surface area contributed by atoms with E-state index in [9.17, 15) is 9.59 Å². The number of aryl methyl sites for hydroxylation is 2. The normalized spacial score (nSPS) is 12.6. The first kappa shape index (κ1) is 19.7. The number of thiophene rings is 1. The molecule has 25 heavy (non-hydrogen) atoms. The Morgan fingerprint density at radius 2 is 2.08 bits per heavy atom. The minimum atomic E-state index is -0.0646. The summed E-state index contributed by atoms with van der Waals surface area (Å²) in [7, 11) is 0. The molecule has 2 aromatic heterocycles. The summed E-state index contributed by atoms with van der Waals surface area (Å²) in [4.78, 5) is 31.5. The van der Waals surface area contributed by atoms with Gasteiger partial charge in [-0.1, -0.05) is 31.7 Å². The van der Waals surface area contributed by atoms with Gasteiger partial charge in [-0.2, -0.15) is 0 Å². The first-order valence-corrected chi connectivity index (χ1v) is 10.1. The predicted molar refractivity (Wildman–Crippen MR) is 107 cm³/mol. The third-order valence-corrected chi connectivity index (χ3v) is 6.36. The number of fused-ring (bicyclic) bond motifs is 1. The first-order valence-electron chi connectivity index (χ1n) is 8.29. The van der Waals surface area contributed by atoms with E-state index in [0.29, 0.717) is 23.0 Å². The third-order valence-electron chi connectivity index (χ3n) is 4.29. The average Bonchev–Trinajstić information content (AvgIpc) is 2.83. The zero-order valence-corrected chi connectivity index (χ0v) is 17.0. The summed E-state index contributed by atoms with van der Waals surface area (Å²) in [5, 5.41) is 4.21. The van der Waals surface area contributed by atoms with Crippen LogP contribution in [0.1, 0.15) is 31.2 Å². The number of nitrogens with zero attached hydrogens (tertiary/aromatic N) is 2. The lowest BCUT2D eigenvalue weighted by Gasteiger charge is -2.17. The van der Waals surface area contributed by atoms with E-state index >= 15 is 0 Å². The lowest BCUT2D eigenvalue weighted by Crippen LogP contribution is -2.37. The highest BCUT2D eigenvalue weighted by Gasteiger charge is 2.18. The molecule has 7 heteroatoms. The van der Waals surface area contributed by atoms with E-state index in [4.69, 9.17) is 0 Å². The largest absolute Gasteiger partial charge is 0.353 e. The number of hydrogen-bond acceptors (Lipinski definition) is 5. The van der Waals surface area contributed by atoms with Gasteiger partial charge in [0.2, 0.25) is 5.91 Å². The Morgan fingerprint density at radius 3 is 2.68 bits per heavy atom. The summed E-state index contributed by atoms with van der Waals surface area (Å²) >= 11 is 2.81. The van der Waals surface area contributed by atoms with Crippen molar-refractivity contribution in [3.8, 4) is 0 Å². The van der Waals surface area contributed by atoms with Crippen LogP contribution in [0.5, 0.6) is 0 Å².